The second-order valence-electron chi connectivity index (χ2n) is 6.56. The largest absolute Gasteiger partial charge is 0.481 e. The highest BCUT2D eigenvalue weighted by atomic mass is 16.5. The first-order valence-electron chi connectivity index (χ1n) is 9.31. The summed E-state index contributed by atoms with van der Waals surface area (Å²) < 4.78 is 5.84. The standard InChI is InChI=1S/C24H23NO3/c1-3-22(28-19-15-13-17(2)14-16-19)24(27)25-21-12-8-7-11-20(21)23(26)18-9-5-4-6-10-18/h4-16,22H,3H2,1-2H3,(H,25,27)/t22-/m1/s1. The topological polar surface area (TPSA) is 55.4 Å². The van der Waals surface area contributed by atoms with Crippen molar-refractivity contribution >= 4 is 17.4 Å². The van der Waals surface area contributed by atoms with E-state index in [0.29, 0.717) is 29.0 Å². The molecule has 3 rings (SSSR count). The maximum atomic E-state index is 12.8. The van der Waals surface area contributed by atoms with Crippen LogP contribution in [0.1, 0.15) is 34.8 Å². The Labute approximate surface area is 165 Å². The minimum absolute atomic E-state index is 0.135. The van der Waals surface area contributed by atoms with Crippen molar-refractivity contribution in [2.24, 2.45) is 0 Å². The normalized spacial score (nSPS) is 11.5. The van der Waals surface area contributed by atoms with Crippen LogP contribution >= 0.6 is 0 Å². The quantitative estimate of drug-likeness (QED) is 0.592. The van der Waals surface area contributed by atoms with Gasteiger partial charge < -0.3 is 10.1 Å². The molecule has 3 aromatic carbocycles. The fourth-order valence-corrected chi connectivity index (χ4v) is 2.85. The van der Waals surface area contributed by atoms with E-state index < -0.39 is 6.10 Å². The number of hydrogen-bond donors (Lipinski definition) is 1. The third-order valence-corrected chi connectivity index (χ3v) is 4.43. The Morgan fingerprint density at radius 2 is 1.54 bits per heavy atom. The van der Waals surface area contributed by atoms with Gasteiger partial charge in [0.05, 0.1) is 5.69 Å². The van der Waals surface area contributed by atoms with Gasteiger partial charge in [0.2, 0.25) is 0 Å². The van der Waals surface area contributed by atoms with Gasteiger partial charge in [0.1, 0.15) is 5.75 Å². The summed E-state index contributed by atoms with van der Waals surface area (Å²) in [4.78, 5) is 25.6. The zero-order valence-corrected chi connectivity index (χ0v) is 16.0. The van der Waals surface area contributed by atoms with Crippen molar-refractivity contribution in [2.45, 2.75) is 26.4 Å². The van der Waals surface area contributed by atoms with E-state index in [4.69, 9.17) is 4.74 Å². The van der Waals surface area contributed by atoms with Crippen LogP contribution in [0.25, 0.3) is 0 Å². The summed E-state index contributed by atoms with van der Waals surface area (Å²) in [5.41, 5.74) is 2.63. The van der Waals surface area contributed by atoms with Gasteiger partial charge in [0.15, 0.2) is 11.9 Å². The number of amides is 1. The Hall–Kier alpha value is -3.40. The first-order chi connectivity index (χ1) is 13.6. The number of ketones is 1. The summed E-state index contributed by atoms with van der Waals surface area (Å²) in [6.07, 6.45) is -0.142. The van der Waals surface area contributed by atoms with E-state index in [-0.39, 0.29) is 11.7 Å². The number of para-hydroxylation sites is 1. The summed E-state index contributed by atoms with van der Waals surface area (Å²) in [6.45, 7) is 3.88. The monoisotopic (exact) mass is 373 g/mol. The molecule has 1 atom stereocenters. The van der Waals surface area contributed by atoms with Crippen LogP contribution in [-0.4, -0.2) is 17.8 Å². The van der Waals surface area contributed by atoms with Crippen LogP contribution in [0.4, 0.5) is 5.69 Å². The molecule has 0 unspecified atom stereocenters. The molecule has 4 heteroatoms. The number of benzene rings is 3. The van der Waals surface area contributed by atoms with Crippen LogP contribution in [0.2, 0.25) is 0 Å². The summed E-state index contributed by atoms with van der Waals surface area (Å²) in [6, 6.07) is 23.6. The van der Waals surface area contributed by atoms with Crippen LogP contribution in [-0.2, 0) is 4.79 Å². The second kappa shape index (κ2) is 9.00. The fraction of sp³-hybridized carbons (Fsp3) is 0.167. The Morgan fingerprint density at radius 3 is 2.21 bits per heavy atom. The van der Waals surface area contributed by atoms with Crippen molar-refractivity contribution in [1.29, 1.82) is 0 Å². The lowest BCUT2D eigenvalue weighted by Gasteiger charge is -2.18. The Balaban J connectivity index is 1.78. The summed E-state index contributed by atoms with van der Waals surface area (Å²) in [7, 11) is 0. The van der Waals surface area contributed by atoms with E-state index >= 15 is 0 Å². The maximum Gasteiger partial charge on any atom is 0.265 e. The van der Waals surface area contributed by atoms with Crippen LogP contribution in [0.3, 0.4) is 0 Å². The molecule has 0 heterocycles. The molecule has 0 bridgehead atoms. The molecule has 0 aliphatic heterocycles. The van der Waals surface area contributed by atoms with Gasteiger partial charge in [-0.25, -0.2) is 0 Å². The summed E-state index contributed by atoms with van der Waals surface area (Å²) in [5, 5.41) is 2.86. The van der Waals surface area contributed by atoms with Crippen LogP contribution in [0.5, 0.6) is 5.75 Å². The maximum absolute atomic E-state index is 12.8. The van der Waals surface area contributed by atoms with Crippen molar-refractivity contribution in [1.82, 2.24) is 0 Å². The molecule has 1 N–H and O–H groups in total. The molecule has 0 spiro atoms. The number of rotatable bonds is 7. The zero-order valence-electron chi connectivity index (χ0n) is 16.0. The molecule has 3 aromatic rings. The van der Waals surface area contributed by atoms with Gasteiger partial charge in [-0.2, -0.15) is 0 Å². The average Bonchev–Trinajstić information content (AvgIpc) is 2.73. The summed E-state index contributed by atoms with van der Waals surface area (Å²) in [5.74, 6) is 0.224. The molecule has 0 aliphatic carbocycles. The minimum Gasteiger partial charge on any atom is -0.481 e. The average molecular weight is 373 g/mol. The van der Waals surface area contributed by atoms with Crippen molar-refractivity contribution in [3.8, 4) is 5.75 Å². The number of ether oxygens (including phenoxy) is 1. The van der Waals surface area contributed by atoms with E-state index in [2.05, 4.69) is 5.32 Å². The lowest BCUT2D eigenvalue weighted by molar-refractivity contribution is -0.122. The Bertz CT molecular complexity index is 949. The Morgan fingerprint density at radius 1 is 0.893 bits per heavy atom. The highest BCUT2D eigenvalue weighted by molar-refractivity contribution is 6.14. The van der Waals surface area contributed by atoms with E-state index in [1.54, 1.807) is 36.4 Å². The molecule has 0 fully saturated rings. The second-order valence-corrected chi connectivity index (χ2v) is 6.56. The Kier molecular flexibility index (Phi) is 6.22. The lowest BCUT2D eigenvalue weighted by Crippen LogP contribution is -2.32. The van der Waals surface area contributed by atoms with Gasteiger partial charge in [-0.15, -0.1) is 0 Å². The predicted molar refractivity (Wildman–Crippen MR) is 111 cm³/mol. The van der Waals surface area contributed by atoms with Crippen LogP contribution in [0, 0.1) is 6.92 Å². The van der Waals surface area contributed by atoms with Crippen molar-refractivity contribution in [3.63, 3.8) is 0 Å². The molecule has 142 valence electrons. The fourth-order valence-electron chi connectivity index (χ4n) is 2.85. The first-order valence-corrected chi connectivity index (χ1v) is 9.31. The third-order valence-electron chi connectivity index (χ3n) is 4.43. The summed E-state index contributed by atoms with van der Waals surface area (Å²) >= 11 is 0. The molecule has 0 aromatic heterocycles. The number of nitrogens with one attached hydrogen (secondary N) is 1. The SMILES string of the molecule is CC[C@@H](Oc1ccc(C)cc1)C(=O)Nc1ccccc1C(=O)c1ccccc1. The van der Waals surface area contributed by atoms with Crippen molar-refractivity contribution in [3.05, 3.63) is 95.6 Å². The molecule has 0 saturated carbocycles. The lowest BCUT2D eigenvalue weighted by atomic mass is 10.0. The molecule has 0 radical (unpaired) electrons. The molecular formula is C24H23NO3. The van der Waals surface area contributed by atoms with E-state index in [0.717, 1.165) is 5.56 Å². The zero-order chi connectivity index (χ0) is 19.9. The van der Waals surface area contributed by atoms with E-state index in [1.165, 1.54) is 0 Å². The molecule has 0 aliphatic rings. The highest BCUT2D eigenvalue weighted by Gasteiger charge is 2.21. The minimum atomic E-state index is -0.650. The van der Waals surface area contributed by atoms with Crippen molar-refractivity contribution < 1.29 is 14.3 Å². The molecular weight excluding hydrogens is 350 g/mol. The molecule has 4 nitrogen and oxygen atoms in total. The number of anilines is 1. The van der Waals surface area contributed by atoms with Crippen LogP contribution in [0.15, 0.2) is 78.9 Å². The number of hydrogen-bond acceptors (Lipinski definition) is 3. The number of aryl methyl sites for hydroxylation is 1. The molecule has 0 saturated heterocycles. The number of carbonyl (C=O) groups is 2. The highest BCUT2D eigenvalue weighted by Crippen LogP contribution is 2.21. The van der Waals surface area contributed by atoms with Gasteiger partial charge in [-0.3, -0.25) is 9.59 Å². The van der Waals surface area contributed by atoms with Crippen LogP contribution < -0.4 is 10.1 Å². The first kappa shape index (κ1) is 19.4. The predicted octanol–water partition coefficient (Wildman–Crippen LogP) is 5.02. The van der Waals surface area contributed by atoms with E-state index in [9.17, 15) is 9.59 Å². The van der Waals surface area contributed by atoms with Crippen molar-refractivity contribution in [2.75, 3.05) is 5.32 Å². The van der Waals surface area contributed by atoms with Gasteiger partial charge in [-0.05, 0) is 37.6 Å². The van der Waals surface area contributed by atoms with Gasteiger partial charge >= 0.3 is 0 Å². The molecule has 28 heavy (non-hydrogen) atoms. The van der Waals surface area contributed by atoms with E-state index in [1.807, 2.05) is 56.3 Å². The van der Waals surface area contributed by atoms with Gasteiger partial charge in [-0.1, -0.05) is 67.1 Å². The van der Waals surface area contributed by atoms with Gasteiger partial charge in [0.25, 0.3) is 5.91 Å². The number of carbonyl (C=O) groups excluding carboxylic acids is 2. The van der Waals surface area contributed by atoms with Gasteiger partial charge in [0, 0.05) is 11.1 Å². The smallest absolute Gasteiger partial charge is 0.265 e. The molecule has 1 amide bonds. The third kappa shape index (κ3) is 4.65.